The Morgan fingerprint density at radius 1 is 1.56 bits per heavy atom. The average molecular weight is 225 g/mol. The number of aliphatic hydroxyl groups excluding tert-OH is 1. The minimum absolute atomic E-state index is 0.376. The number of pyridine rings is 1. The molecule has 0 aliphatic carbocycles. The molecule has 0 amide bonds. The van der Waals surface area contributed by atoms with Gasteiger partial charge in [0.2, 0.25) is 0 Å². The Labute approximate surface area is 94.0 Å². The molecule has 0 spiro atoms. The Bertz CT molecular complexity index is 339. The summed E-state index contributed by atoms with van der Waals surface area (Å²) < 4.78 is 15.8. The van der Waals surface area contributed by atoms with Crippen LogP contribution >= 0.6 is 0 Å². The number of methoxy groups -OCH3 is 1. The summed E-state index contributed by atoms with van der Waals surface area (Å²) in [5, 5.41) is 10.1. The Hall–Kier alpha value is -1.17. The Balaban J connectivity index is 2.15. The fourth-order valence-electron chi connectivity index (χ4n) is 1.66. The lowest BCUT2D eigenvalue weighted by Crippen LogP contribution is -2.34. The molecule has 2 rings (SSSR count). The van der Waals surface area contributed by atoms with Crippen molar-refractivity contribution in [2.75, 3.05) is 26.9 Å². The van der Waals surface area contributed by atoms with Gasteiger partial charge in [-0.3, -0.25) is 4.98 Å². The third-order valence-corrected chi connectivity index (χ3v) is 2.49. The van der Waals surface area contributed by atoms with Crippen LogP contribution < -0.4 is 4.74 Å². The second-order valence-electron chi connectivity index (χ2n) is 3.52. The molecule has 1 aromatic rings. The van der Waals surface area contributed by atoms with E-state index in [1.54, 1.807) is 25.4 Å². The van der Waals surface area contributed by atoms with Gasteiger partial charge in [0, 0.05) is 6.20 Å². The SMILES string of the molecule is COc1cccnc1C(O)C1COCCO1. The minimum atomic E-state index is -0.823. The van der Waals surface area contributed by atoms with E-state index in [2.05, 4.69) is 4.98 Å². The van der Waals surface area contributed by atoms with E-state index in [1.807, 2.05) is 0 Å². The normalized spacial score (nSPS) is 22.8. The van der Waals surface area contributed by atoms with Crippen LogP contribution in [0.1, 0.15) is 11.8 Å². The fraction of sp³-hybridized carbons (Fsp3) is 0.545. The lowest BCUT2D eigenvalue weighted by molar-refractivity contribution is -0.134. The van der Waals surface area contributed by atoms with Gasteiger partial charge in [-0.15, -0.1) is 0 Å². The Kier molecular flexibility index (Phi) is 3.71. The van der Waals surface area contributed by atoms with Gasteiger partial charge < -0.3 is 19.3 Å². The number of hydrogen-bond donors (Lipinski definition) is 1. The summed E-state index contributed by atoms with van der Waals surface area (Å²) in [4.78, 5) is 4.11. The van der Waals surface area contributed by atoms with Crippen LogP contribution in [-0.2, 0) is 9.47 Å². The first kappa shape index (κ1) is 11.3. The zero-order chi connectivity index (χ0) is 11.4. The van der Waals surface area contributed by atoms with Crippen LogP contribution in [0.25, 0.3) is 0 Å². The monoisotopic (exact) mass is 225 g/mol. The molecule has 2 heterocycles. The molecule has 0 aromatic carbocycles. The molecular formula is C11H15NO4. The standard InChI is InChI=1S/C11H15NO4/c1-14-8-3-2-4-12-10(8)11(13)9-7-15-5-6-16-9/h2-4,9,11,13H,5-7H2,1H3. The summed E-state index contributed by atoms with van der Waals surface area (Å²) in [6.07, 6.45) is 0.416. The number of aliphatic hydroxyl groups is 1. The van der Waals surface area contributed by atoms with E-state index < -0.39 is 6.10 Å². The minimum Gasteiger partial charge on any atom is -0.495 e. The van der Waals surface area contributed by atoms with Crippen molar-refractivity contribution in [3.8, 4) is 5.75 Å². The van der Waals surface area contributed by atoms with E-state index >= 15 is 0 Å². The van der Waals surface area contributed by atoms with Gasteiger partial charge in [-0.1, -0.05) is 0 Å². The molecule has 5 heteroatoms. The van der Waals surface area contributed by atoms with Crippen molar-refractivity contribution >= 4 is 0 Å². The van der Waals surface area contributed by atoms with Crippen molar-refractivity contribution in [3.05, 3.63) is 24.0 Å². The number of ether oxygens (including phenoxy) is 3. The summed E-state index contributed by atoms with van der Waals surface area (Å²) in [6.45, 7) is 1.44. The molecule has 2 atom stereocenters. The second kappa shape index (κ2) is 5.25. The van der Waals surface area contributed by atoms with E-state index in [4.69, 9.17) is 14.2 Å². The van der Waals surface area contributed by atoms with Crippen LogP contribution in [0.4, 0.5) is 0 Å². The molecule has 1 aliphatic heterocycles. The summed E-state index contributed by atoms with van der Waals surface area (Å²) in [6, 6.07) is 3.52. The van der Waals surface area contributed by atoms with Crippen LogP contribution in [0.15, 0.2) is 18.3 Å². The first-order valence-electron chi connectivity index (χ1n) is 5.19. The van der Waals surface area contributed by atoms with E-state index in [0.29, 0.717) is 31.3 Å². The lowest BCUT2D eigenvalue weighted by Gasteiger charge is -2.27. The molecule has 1 aliphatic rings. The summed E-state index contributed by atoms with van der Waals surface area (Å²) in [5.41, 5.74) is 0.487. The van der Waals surface area contributed by atoms with Crippen LogP contribution in [0.3, 0.4) is 0 Å². The van der Waals surface area contributed by atoms with Gasteiger partial charge in [0.1, 0.15) is 23.7 Å². The maximum absolute atomic E-state index is 10.1. The predicted octanol–water partition coefficient (Wildman–Crippen LogP) is 0.539. The van der Waals surface area contributed by atoms with Gasteiger partial charge in [0.25, 0.3) is 0 Å². The van der Waals surface area contributed by atoms with E-state index in [1.165, 1.54) is 0 Å². The highest BCUT2D eigenvalue weighted by atomic mass is 16.6. The Morgan fingerprint density at radius 2 is 2.44 bits per heavy atom. The van der Waals surface area contributed by atoms with Gasteiger partial charge >= 0.3 is 0 Å². The van der Waals surface area contributed by atoms with Gasteiger partial charge in [-0.05, 0) is 12.1 Å². The van der Waals surface area contributed by atoms with E-state index in [-0.39, 0.29) is 6.10 Å². The van der Waals surface area contributed by atoms with Crippen molar-refractivity contribution < 1.29 is 19.3 Å². The molecule has 1 saturated heterocycles. The zero-order valence-electron chi connectivity index (χ0n) is 9.13. The predicted molar refractivity (Wildman–Crippen MR) is 56.3 cm³/mol. The third kappa shape index (κ3) is 2.32. The van der Waals surface area contributed by atoms with Gasteiger partial charge in [-0.25, -0.2) is 0 Å². The Morgan fingerprint density at radius 3 is 3.12 bits per heavy atom. The average Bonchev–Trinajstić information content (AvgIpc) is 2.39. The number of nitrogens with zero attached hydrogens (tertiary/aromatic N) is 1. The molecule has 16 heavy (non-hydrogen) atoms. The quantitative estimate of drug-likeness (QED) is 0.813. The van der Waals surface area contributed by atoms with Gasteiger partial charge in [-0.2, -0.15) is 0 Å². The number of hydrogen-bond acceptors (Lipinski definition) is 5. The van der Waals surface area contributed by atoms with Crippen molar-refractivity contribution in [1.82, 2.24) is 4.98 Å². The van der Waals surface area contributed by atoms with E-state index in [0.717, 1.165) is 0 Å². The van der Waals surface area contributed by atoms with Crippen molar-refractivity contribution in [3.63, 3.8) is 0 Å². The third-order valence-electron chi connectivity index (χ3n) is 2.49. The smallest absolute Gasteiger partial charge is 0.143 e. The maximum atomic E-state index is 10.1. The molecule has 1 aromatic heterocycles. The maximum Gasteiger partial charge on any atom is 0.143 e. The molecule has 0 radical (unpaired) electrons. The topological polar surface area (TPSA) is 60.8 Å². The molecule has 1 N–H and O–H groups in total. The van der Waals surface area contributed by atoms with Crippen molar-refractivity contribution in [1.29, 1.82) is 0 Å². The second-order valence-corrected chi connectivity index (χ2v) is 3.52. The highest BCUT2D eigenvalue weighted by molar-refractivity contribution is 5.29. The molecule has 5 nitrogen and oxygen atoms in total. The molecule has 88 valence electrons. The molecule has 2 unspecified atom stereocenters. The van der Waals surface area contributed by atoms with Crippen LogP contribution in [0.5, 0.6) is 5.75 Å². The van der Waals surface area contributed by atoms with Crippen molar-refractivity contribution in [2.45, 2.75) is 12.2 Å². The highest BCUT2D eigenvalue weighted by Crippen LogP contribution is 2.26. The number of aromatic nitrogens is 1. The largest absolute Gasteiger partial charge is 0.495 e. The first-order valence-corrected chi connectivity index (χ1v) is 5.19. The van der Waals surface area contributed by atoms with Crippen LogP contribution in [0.2, 0.25) is 0 Å². The molecule has 0 saturated carbocycles. The van der Waals surface area contributed by atoms with Gasteiger partial charge in [0.05, 0.1) is 26.9 Å². The molecular weight excluding hydrogens is 210 g/mol. The summed E-state index contributed by atoms with van der Waals surface area (Å²) in [5.74, 6) is 0.559. The molecule has 1 fully saturated rings. The first-order chi connectivity index (χ1) is 7.83. The van der Waals surface area contributed by atoms with E-state index in [9.17, 15) is 5.11 Å². The lowest BCUT2D eigenvalue weighted by atomic mass is 10.1. The zero-order valence-corrected chi connectivity index (χ0v) is 9.13. The molecule has 0 bridgehead atoms. The van der Waals surface area contributed by atoms with Gasteiger partial charge in [0.15, 0.2) is 0 Å². The van der Waals surface area contributed by atoms with Crippen LogP contribution in [0, 0.1) is 0 Å². The number of rotatable bonds is 3. The van der Waals surface area contributed by atoms with Crippen LogP contribution in [-0.4, -0.2) is 43.1 Å². The van der Waals surface area contributed by atoms with Crippen molar-refractivity contribution in [2.24, 2.45) is 0 Å². The summed E-state index contributed by atoms with van der Waals surface area (Å²) >= 11 is 0. The summed E-state index contributed by atoms with van der Waals surface area (Å²) in [7, 11) is 1.55. The fourth-order valence-corrected chi connectivity index (χ4v) is 1.66. The highest BCUT2D eigenvalue weighted by Gasteiger charge is 2.27.